The number of aliphatic hydroxyl groups is 2. The van der Waals surface area contributed by atoms with Gasteiger partial charge in [-0.15, -0.1) is 0 Å². The highest BCUT2D eigenvalue weighted by molar-refractivity contribution is 6.26. The first-order chi connectivity index (χ1) is 24.3. The van der Waals surface area contributed by atoms with Crippen LogP contribution in [0.1, 0.15) is 131 Å². The lowest BCUT2D eigenvalue weighted by molar-refractivity contribution is -0.140. The van der Waals surface area contributed by atoms with Crippen molar-refractivity contribution < 1.29 is 47.7 Å². The molecule has 1 saturated carbocycles. The van der Waals surface area contributed by atoms with E-state index in [0.29, 0.717) is 38.8 Å². The van der Waals surface area contributed by atoms with Gasteiger partial charge in [-0.3, -0.25) is 9.59 Å². The Kier molecular flexibility index (Phi) is 10.3. The highest BCUT2D eigenvalue weighted by Gasteiger charge is 2.65. The first-order valence-corrected chi connectivity index (χ1v) is 18.4. The molecule has 2 heterocycles. The second kappa shape index (κ2) is 14.2. The average molecular weight is 712 g/mol. The number of likely N-dealkylation sites (tertiary alicyclic amines) is 1. The van der Waals surface area contributed by atoms with Gasteiger partial charge in [0.25, 0.3) is 5.88 Å². The summed E-state index contributed by atoms with van der Waals surface area (Å²) < 4.78 is 40.2. The molecule has 1 aromatic carbocycles. The molecule has 13 heteroatoms. The van der Waals surface area contributed by atoms with Crippen molar-refractivity contribution in [1.82, 2.24) is 15.4 Å². The molecule has 4 aliphatic rings. The summed E-state index contributed by atoms with van der Waals surface area (Å²) in [7, 11) is 0. The number of ketones is 2. The van der Waals surface area contributed by atoms with E-state index in [1.807, 2.05) is 20.8 Å². The summed E-state index contributed by atoms with van der Waals surface area (Å²) in [5.74, 6) is -4.45. The lowest BCUT2D eigenvalue weighted by atomic mass is 9.57. The van der Waals surface area contributed by atoms with Gasteiger partial charge in [0.15, 0.2) is 11.4 Å². The molecule has 1 amide bonds. The van der Waals surface area contributed by atoms with E-state index >= 15 is 4.39 Å². The van der Waals surface area contributed by atoms with Gasteiger partial charge in [-0.05, 0) is 83.0 Å². The second-order valence-electron chi connectivity index (χ2n) is 15.1. The first kappa shape index (κ1) is 36.8. The molecule has 1 aromatic heterocycles. The minimum absolute atomic E-state index is 0.00229. The van der Waals surface area contributed by atoms with Gasteiger partial charge < -0.3 is 39.2 Å². The summed E-state index contributed by atoms with van der Waals surface area (Å²) in [5, 5.41) is 31.5. The number of Topliss-reactive ketones (excluding diaryl/α,β-unsaturated/α-hetero) is 2. The summed E-state index contributed by atoms with van der Waals surface area (Å²) >= 11 is 0. The first-order valence-electron chi connectivity index (χ1n) is 18.4. The standard InChI is InChI=1S/C38H50FN3O9/c1-7-10-15-48-25-19-21(24-13-12-14-42(24)36(46)50-37(4,5)6)29(39)22-17-20-18-23-30(40-9-3)32-28(35(41-51-32)49-16-11-8-2)34(45)38(23,47)33(44)26(20)31(43)27(22)25/h19-20,23-24,30,40,43,47H,7-18H2,1-6H3/t20-,23-,24?,30-,38-/m0/s1. The molecular weight excluding hydrogens is 661 g/mol. The zero-order valence-electron chi connectivity index (χ0n) is 30.4. The average Bonchev–Trinajstić information content (AvgIpc) is 3.73. The summed E-state index contributed by atoms with van der Waals surface area (Å²) in [6, 6.07) is 0.0924. The Balaban J connectivity index is 1.45. The highest BCUT2D eigenvalue weighted by Crippen LogP contribution is 2.55. The third kappa shape index (κ3) is 6.30. The number of aromatic nitrogens is 1. The largest absolute Gasteiger partial charge is 0.507 e. The number of carbonyl (C=O) groups is 3. The van der Waals surface area contributed by atoms with Crippen LogP contribution < -0.4 is 14.8 Å². The minimum atomic E-state index is -2.56. The van der Waals surface area contributed by atoms with Gasteiger partial charge in [-0.25, -0.2) is 9.18 Å². The topological polar surface area (TPSA) is 161 Å². The summed E-state index contributed by atoms with van der Waals surface area (Å²) in [4.78, 5) is 43.6. The number of hydrogen-bond donors (Lipinski definition) is 3. The van der Waals surface area contributed by atoms with Crippen molar-refractivity contribution in [2.24, 2.45) is 11.8 Å². The Morgan fingerprint density at radius 2 is 1.82 bits per heavy atom. The van der Waals surface area contributed by atoms with Crippen molar-refractivity contribution in [2.45, 2.75) is 116 Å². The number of ether oxygens (including phenoxy) is 3. The molecule has 3 aliphatic carbocycles. The van der Waals surface area contributed by atoms with Crippen molar-refractivity contribution in [3.63, 3.8) is 0 Å². The maximum absolute atomic E-state index is 17.0. The Hall–Kier alpha value is -3.97. The predicted octanol–water partition coefficient (Wildman–Crippen LogP) is 6.55. The van der Waals surface area contributed by atoms with Gasteiger partial charge >= 0.3 is 6.09 Å². The SMILES string of the molecule is CCCCOc1cc(C2CCCN2C(=O)OC(C)(C)C)c(F)c2c1C(O)=C1C(=O)[C@]3(O)C(=O)c4c(OCCCC)noc4[C@@H](NCC)[C@@H]3C[C@@H]1C2. The highest BCUT2D eigenvalue weighted by atomic mass is 19.1. The molecule has 0 bridgehead atoms. The molecule has 6 rings (SSSR count). The van der Waals surface area contributed by atoms with Crippen LogP contribution in [0.15, 0.2) is 16.2 Å². The number of halogens is 1. The lowest BCUT2D eigenvalue weighted by Gasteiger charge is -2.48. The Labute approximate surface area is 297 Å². The number of hydrogen-bond acceptors (Lipinski definition) is 11. The Morgan fingerprint density at radius 3 is 2.49 bits per heavy atom. The summed E-state index contributed by atoms with van der Waals surface area (Å²) in [5.41, 5.74) is -3.10. The number of carbonyl (C=O) groups excluding carboxylic acids is 3. The zero-order chi connectivity index (χ0) is 36.8. The van der Waals surface area contributed by atoms with E-state index in [-0.39, 0.29) is 71.3 Å². The molecule has 1 aliphatic heterocycles. The van der Waals surface area contributed by atoms with Gasteiger partial charge in [-0.2, -0.15) is 0 Å². The monoisotopic (exact) mass is 711 g/mol. The Bertz CT molecular complexity index is 1730. The van der Waals surface area contributed by atoms with Crippen molar-refractivity contribution in [1.29, 1.82) is 0 Å². The van der Waals surface area contributed by atoms with E-state index in [4.69, 9.17) is 18.7 Å². The molecule has 0 radical (unpaired) electrons. The molecule has 278 valence electrons. The summed E-state index contributed by atoms with van der Waals surface area (Å²) in [6.45, 7) is 12.5. The number of aliphatic hydroxyl groups excluding tert-OH is 1. The van der Waals surface area contributed by atoms with Crippen molar-refractivity contribution >= 4 is 23.4 Å². The molecule has 1 saturated heterocycles. The van der Waals surface area contributed by atoms with E-state index in [0.717, 1.165) is 12.8 Å². The number of nitrogens with one attached hydrogen (secondary N) is 1. The van der Waals surface area contributed by atoms with Crippen LogP contribution in [0.4, 0.5) is 9.18 Å². The van der Waals surface area contributed by atoms with Crippen LogP contribution in [0.25, 0.3) is 5.76 Å². The maximum atomic E-state index is 17.0. The summed E-state index contributed by atoms with van der Waals surface area (Å²) in [6.07, 6.45) is 3.69. The number of unbranched alkanes of at least 4 members (excludes halogenated alkanes) is 2. The third-order valence-corrected chi connectivity index (χ3v) is 10.5. The number of amides is 1. The van der Waals surface area contributed by atoms with E-state index in [1.165, 1.54) is 11.0 Å². The number of nitrogens with zero attached hydrogens (tertiary/aromatic N) is 2. The molecule has 2 aromatic rings. The number of benzene rings is 1. The lowest BCUT2D eigenvalue weighted by Crippen LogP contribution is -2.63. The molecule has 2 fully saturated rings. The predicted molar refractivity (Wildman–Crippen MR) is 184 cm³/mol. The van der Waals surface area contributed by atoms with Crippen LogP contribution in [0.5, 0.6) is 11.6 Å². The third-order valence-electron chi connectivity index (χ3n) is 10.5. The molecule has 1 unspecified atom stereocenters. The number of rotatable bonds is 11. The van der Waals surface area contributed by atoms with Gasteiger partial charge in [0.1, 0.15) is 28.5 Å². The van der Waals surface area contributed by atoms with Crippen LogP contribution in [0.3, 0.4) is 0 Å². The minimum Gasteiger partial charge on any atom is -0.507 e. The molecule has 0 spiro atoms. The van der Waals surface area contributed by atoms with Crippen LogP contribution in [-0.2, 0) is 16.0 Å². The van der Waals surface area contributed by atoms with Crippen LogP contribution in [0, 0.1) is 17.7 Å². The van der Waals surface area contributed by atoms with Crippen molar-refractivity contribution in [3.05, 3.63) is 45.5 Å². The number of fused-ring (bicyclic) bond motifs is 4. The quantitative estimate of drug-likeness (QED) is 0.171. The molecule has 12 nitrogen and oxygen atoms in total. The van der Waals surface area contributed by atoms with Gasteiger partial charge in [0.2, 0.25) is 11.6 Å². The van der Waals surface area contributed by atoms with Crippen LogP contribution >= 0.6 is 0 Å². The fourth-order valence-electron chi connectivity index (χ4n) is 8.09. The van der Waals surface area contributed by atoms with Gasteiger partial charge in [0, 0.05) is 29.2 Å². The van der Waals surface area contributed by atoms with E-state index in [9.17, 15) is 24.6 Å². The van der Waals surface area contributed by atoms with Crippen LogP contribution in [0.2, 0.25) is 0 Å². The van der Waals surface area contributed by atoms with Crippen molar-refractivity contribution in [3.8, 4) is 11.6 Å². The van der Waals surface area contributed by atoms with Gasteiger partial charge in [-0.1, -0.05) is 33.6 Å². The van der Waals surface area contributed by atoms with Crippen LogP contribution in [-0.4, -0.2) is 75.4 Å². The molecular formula is C38H50FN3O9. The second-order valence-corrected chi connectivity index (χ2v) is 15.1. The fraction of sp³-hybridized carbons (Fsp3) is 0.632. The normalized spacial score (nSPS) is 25.7. The fourth-order valence-corrected chi connectivity index (χ4v) is 8.09. The Morgan fingerprint density at radius 1 is 1.12 bits per heavy atom. The smallest absolute Gasteiger partial charge is 0.410 e. The van der Waals surface area contributed by atoms with E-state index in [2.05, 4.69) is 10.5 Å². The maximum Gasteiger partial charge on any atom is 0.410 e. The van der Waals surface area contributed by atoms with Gasteiger partial charge in [0.05, 0.1) is 30.9 Å². The molecule has 51 heavy (non-hydrogen) atoms. The van der Waals surface area contributed by atoms with E-state index in [1.54, 1.807) is 20.8 Å². The van der Waals surface area contributed by atoms with E-state index < -0.39 is 64.4 Å². The molecule has 5 atom stereocenters. The van der Waals surface area contributed by atoms with Crippen molar-refractivity contribution in [2.75, 3.05) is 26.3 Å². The zero-order valence-corrected chi connectivity index (χ0v) is 30.4. The molecule has 3 N–H and O–H groups in total.